The molecule has 0 saturated carbocycles. The number of carboxylic acids is 1. The number of nitrogens with zero attached hydrogens (tertiary/aromatic N) is 2. The molecule has 0 radical (unpaired) electrons. The van der Waals surface area contributed by atoms with Gasteiger partial charge in [-0.15, -0.1) is 11.8 Å². The molecular formula is C17H19N3O4S. The number of carbonyl (C=O) groups excluding carboxylic acids is 2. The summed E-state index contributed by atoms with van der Waals surface area (Å²) >= 11 is 1.39. The van der Waals surface area contributed by atoms with E-state index in [1.807, 2.05) is 6.07 Å². The van der Waals surface area contributed by atoms with Crippen molar-refractivity contribution in [1.29, 1.82) is 0 Å². The molecule has 2 aliphatic rings. The van der Waals surface area contributed by atoms with Crippen molar-refractivity contribution in [2.45, 2.75) is 42.1 Å². The van der Waals surface area contributed by atoms with Gasteiger partial charge in [-0.3, -0.25) is 14.6 Å². The Hall–Kier alpha value is -2.35. The van der Waals surface area contributed by atoms with Crippen LogP contribution in [0.4, 0.5) is 0 Å². The molecule has 0 unspecified atom stereocenters. The molecule has 3 rings (SSSR count). The molecule has 0 aliphatic carbocycles. The average molecular weight is 361 g/mol. The summed E-state index contributed by atoms with van der Waals surface area (Å²) < 4.78 is -0.624. The molecule has 2 saturated heterocycles. The fourth-order valence-corrected chi connectivity index (χ4v) is 4.98. The molecule has 0 bridgehead atoms. The molecular weight excluding hydrogens is 342 g/mol. The fraction of sp³-hybridized carbons (Fsp3) is 0.412. The number of thioether (sulfide) groups is 1. The van der Waals surface area contributed by atoms with Gasteiger partial charge in [-0.05, 0) is 26.1 Å². The second-order valence-corrected chi connectivity index (χ2v) is 8.35. The van der Waals surface area contributed by atoms with E-state index in [2.05, 4.69) is 17.0 Å². The summed E-state index contributed by atoms with van der Waals surface area (Å²) in [5.74, 6) is -1.83. The van der Waals surface area contributed by atoms with E-state index in [-0.39, 0.29) is 11.3 Å². The summed E-state index contributed by atoms with van der Waals surface area (Å²) in [6, 6.07) is 6.51. The van der Waals surface area contributed by atoms with Crippen LogP contribution in [0, 0.1) is 0 Å². The third kappa shape index (κ3) is 2.80. The number of hydrogen-bond donors (Lipinski definition) is 2. The van der Waals surface area contributed by atoms with Crippen LogP contribution in [0.3, 0.4) is 0 Å². The standard InChI is InChI=1S/C17H19N3O4S/c1-17(2)12(16(23)24)20-14(22)11(15(20)25-17)19-13(21)10(18-3)9-7-5-4-6-8-9/h4-8,10-12,15H,3H2,1-2H3,(H,19,21)(H,23,24)/t10-,11-,12-,15-/m1/s1. The monoisotopic (exact) mass is 361 g/mol. The van der Waals surface area contributed by atoms with Gasteiger partial charge >= 0.3 is 5.97 Å². The Morgan fingerprint density at radius 2 is 2.00 bits per heavy atom. The van der Waals surface area contributed by atoms with Crippen molar-refractivity contribution >= 4 is 36.3 Å². The summed E-state index contributed by atoms with van der Waals surface area (Å²) in [6.07, 6.45) is 0. The van der Waals surface area contributed by atoms with Gasteiger partial charge < -0.3 is 15.3 Å². The Balaban J connectivity index is 1.75. The van der Waals surface area contributed by atoms with Crippen molar-refractivity contribution in [2.75, 3.05) is 0 Å². The fourth-order valence-electron chi connectivity index (χ4n) is 3.35. The maximum absolute atomic E-state index is 12.5. The zero-order chi connectivity index (χ0) is 18.4. The SMILES string of the molecule is C=N[C@@H](C(=O)N[C@@H]1C(=O)N2[C@@H]1SC(C)(C)[C@H]2C(=O)O)c1ccccc1. The van der Waals surface area contributed by atoms with E-state index in [1.54, 1.807) is 38.1 Å². The highest BCUT2D eigenvalue weighted by molar-refractivity contribution is 8.01. The Morgan fingerprint density at radius 1 is 1.36 bits per heavy atom. The smallest absolute Gasteiger partial charge is 0.327 e. The minimum absolute atomic E-state index is 0.375. The van der Waals surface area contributed by atoms with E-state index in [4.69, 9.17) is 0 Å². The predicted octanol–water partition coefficient (Wildman–Crippen LogP) is 1.06. The van der Waals surface area contributed by atoms with Crippen molar-refractivity contribution in [3.05, 3.63) is 35.9 Å². The molecule has 132 valence electrons. The number of hydrogen-bond acceptors (Lipinski definition) is 5. The van der Waals surface area contributed by atoms with E-state index in [0.717, 1.165) is 0 Å². The molecule has 0 aromatic heterocycles. The minimum atomic E-state index is -1.03. The zero-order valence-electron chi connectivity index (χ0n) is 13.9. The summed E-state index contributed by atoms with van der Waals surface area (Å²) in [4.78, 5) is 41.7. The largest absolute Gasteiger partial charge is 0.480 e. The third-order valence-electron chi connectivity index (χ3n) is 4.52. The topological polar surface area (TPSA) is 99.1 Å². The van der Waals surface area contributed by atoms with Gasteiger partial charge in [0.15, 0.2) is 6.04 Å². The van der Waals surface area contributed by atoms with E-state index >= 15 is 0 Å². The van der Waals surface area contributed by atoms with Crippen molar-refractivity contribution < 1.29 is 19.5 Å². The number of aliphatic imine (C=N–C) groups is 1. The Kier molecular flexibility index (Phi) is 4.32. The van der Waals surface area contributed by atoms with E-state index in [0.29, 0.717) is 5.56 Å². The van der Waals surface area contributed by atoms with Crippen molar-refractivity contribution in [3.63, 3.8) is 0 Å². The highest BCUT2D eigenvalue weighted by Crippen LogP contribution is 2.50. The van der Waals surface area contributed by atoms with Crippen LogP contribution in [0.2, 0.25) is 0 Å². The number of rotatable bonds is 5. The predicted molar refractivity (Wildman–Crippen MR) is 94.4 cm³/mol. The first-order chi connectivity index (χ1) is 11.8. The maximum atomic E-state index is 12.5. The number of benzene rings is 1. The zero-order valence-corrected chi connectivity index (χ0v) is 14.7. The number of aliphatic carboxylic acids is 1. The van der Waals surface area contributed by atoms with Crippen molar-refractivity contribution in [2.24, 2.45) is 4.99 Å². The molecule has 2 fully saturated rings. The van der Waals surface area contributed by atoms with Crippen LogP contribution >= 0.6 is 11.8 Å². The molecule has 2 aliphatic heterocycles. The van der Waals surface area contributed by atoms with Crippen LogP contribution < -0.4 is 5.32 Å². The number of nitrogens with one attached hydrogen (secondary N) is 1. The quantitative estimate of drug-likeness (QED) is 0.603. The van der Waals surface area contributed by atoms with Crippen LogP contribution in [0.15, 0.2) is 35.3 Å². The van der Waals surface area contributed by atoms with Gasteiger partial charge in [0.2, 0.25) is 11.8 Å². The Morgan fingerprint density at radius 3 is 2.56 bits per heavy atom. The minimum Gasteiger partial charge on any atom is -0.480 e. The van der Waals surface area contributed by atoms with Crippen molar-refractivity contribution in [1.82, 2.24) is 10.2 Å². The molecule has 1 aromatic carbocycles. The summed E-state index contributed by atoms with van der Waals surface area (Å²) in [5, 5.41) is 11.7. The van der Waals surface area contributed by atoms with Crippen LogP contribution in [0.1, 0.15) is 25.5 Å². The molecule has 8 heteroatoms. The van der Waals surface area contributed by atoms with Crippen LogP contribution in [-0.4, -0.2) is 56.7 Å². The molecule has 25 heavy (non-hydrogen) atoms. The molecule has 2 N–H and O–H groups in total. The Bertz CT molecular complexity index is 737. The molecule has 1 aromatic rings. The van der Waals surface area contributed by atoms with E-state index in [9.17, 15) is 19.5 Å². The van der Waals surface area contributed by atoms with Gasteiger partial charge in [0.1, 0.15) is 17.5 Å². The normalized spacial score (nSPS) is 27.8. The number of fused-ring (bicyclic) bond motifs is 1. The molecule has 0 spiro atoms. The average Bonchev–Trinajstić information content (AvgIpc) is 2.82. The van der Waals surface area contributed by atoms with E-state index < -0.39 is 34.7 Å². The van der Waals surface area contributed by atoms with Gasteiger partial charge in [-0.1, -0.05) is 30.3 Å². The lowest BCUT2D eigenvalue weighted by molar-refractivity contribution is -0.161. The maximum Gasteiger partial charge on any atom is 0.327 e. The first-order valence-corrected chi connectivity index (χ1v) is 8.70. The van der Waals surface area contributed by atoms with Gasteiger partial charge in [-0.25, -0.2) is 4.79 Å². The molecule has 7 nitrogen and oxygen atoms in total. The Labute approximate surface area is 149 Å². The summed E-state index contributed by atoms with van der Waals surface area (Å²) in [7, 11) is 0. The van der Waals surface area contributed by atoms with Gasteiger partial charge in [0.25, 0.3) is 0 Å². The van der Waals surface area contributed by atoms with Crippen molar-refractivity contribution in [3.8, 4) is 0 Å². The number of carbonyl (C=O) groups is 3. The first-order valence-electron chi connectivity index (χ1n) is 7.82. The van der Waals surface area contributed by atoms with Crippen LogP contribution in [0.25, 0.3) is 0 Å². The lowest BCUT2D eigenvalue weighted by Crippen LogP contribution is -2.70. The number of β-lactam (4-membered cyclic amide) rings is 1. The van der Waals surface area contributed by atoms with Crippen LogP contribution in [0.5, 0.6) is 0 Å². The van der Waals surface area contributed by atoms with E-state index in [1.165, 1.54) is 16.7 Å². The highest BCUT2D eigenvalue weighted by Gasteiger charge is 2.64. The van der Waals surface area contributed by atoms with Gasteiger partial charge in [0, 0.05) is 4.75 Å². The third-order valence-corrected chi connectivity index (χ3v) is 6.09. The molecule has 2 heterocycles. The molecule has 2 amide bonds. The number of amides is 2. The highest BCUT2D eigenvalue weighted by atomic mass is 32.2. The van der Waals surface area contributed by atoms with Gasteiger partial charge in [0.05, 0.1) is 0 Å². The second-order valence-electron chi connectivity index (χ2n) is 6.58. The summed E-state index contributed by atoms with van der Waals surface area (Å²) in [6.45, 7) is 7.05. The lowest BCUT2D eigenvalue weighted by Gasteiger charge is -2.43. The molecule has 4 atom stereocenters. The summed E-state index contributed by atoms with van der Waals surface area (Å²) in [5.41, 5.74) is 0.682. The van der Waals surface area contributed by atoms with Crippen LogP contribution in [-0.2, 0) is 14.4 Å². The number of carboxylic acid groups (broad SMARTS) is 1. The second kappa shape index (κ2) is 6.18. The lowest BCUT2D eigenvalue weighted by atomic mass is 9.95. The first kappa shape index (κ1) is 17.5. The van der Waals surface area contributed by atoms with Gasteiger partial charge in [-0.2, -0.15) is 0 Å².